The molecule has 0 aromatic heterocycles. The van der Waals surface area contributed by atoms with Crippen molar-refractivity contribution in [3.05, 3.63) is 34.1 Å². The van der Waals surface area contributed by atoms with Crippen molar-refractivity contribution in [3.8, 4) is 0 Å². The minimum Gasteiger partial charge on any atom is -0.394 e. The van der Waals surface area contributed by atoms with E-state index < -0.39 is 16.3 Å². The average molecular weight is 226 g/mol. The number of aliphatic hydroxyl groups is 1. The van der Waals surface area contributed by atoms with Crippen LogP contribution in [-0.4, -0.2) is 22.2 Å². The first kappa shape index (κ1) is 10.8. The molecule has 0 spiro atoms. The topological polar surface area (TPSA) is 75.4 Å². The number of nitrogens with one attached hydrogen (secondary N) is 1. The first-order chi connectivity index (χ1) is 7.56. The normalized spacial score (nSPS) is 16.9. The second kappa shape index (κ2) is 3.71. The molecule has 2 rings (SSSR count). The van der Waals surface area contributed by atoms with E-state index in [-0.39, 0.29) is 18.0 Å². The second-order valence-electron chi connectivity index (χ2n) is 3.98. The minimum absolute atomic E-state index is 0.110. The fourth-order valence-corrected chi connectivity index (χ4v) is 1.53. The number of halogens is 1. The molecule has 2 N–H and O–H groups in total. The van der Waals surface area contributed by atoms with Gasteiger partial charge >= 0.3 is 0 Å². The highest BCUT2D eigenvalue weighted by atomic mass is 19.1. The van der Waals surface area contributed by atoms with Gasteiger partial charge in [0.2, 0.25) is 0 Å². The van der Waals surface area contributed by atoms with Gasteiger partial charge in [0.25, 0.3) is 5.69 Å². The van der Waals surface area contributed by atoms with Crippen molar-refractivity contribution >= 4 is 11.4 Å². The number of hydrogen-bond acceptors (Lipinski definition) is 4. The van der Waals surface area contributed by atoms with E-state index in [0.717, 1.165) is 31.0 Å². The molecule has 0 heterocycles. The summed E-state index contributed by atoms with van der Waals surface area (Å²) >= 11 is 0. The van der Waals surface area contributed by atoms with Crippen LogP contribution in [0.4, 0.5) is 15.8 Å². The van der Waals surface area contributed by atoms with Gasteiger partial charge < -0.3 is 10.4 Å². The van der Waals surface area contributed by atoms with Gasteiger partial charge in [-0.2, -0.15) is 0 Å². The van der Waals surface area contributed by atoms with Crippen molar-refractivity contribution in [2.75, 3.05) is 11.9 Å². The zero-order valence-corrected chi connectivity index (χ0v) is 8.44. The van der Waals surface area contributed by atoms with Crippen LogP contribution in [0.2, 0.25) is 0 Å². The molecule has 1 aromatic rings. The number of aliphatic hydroxyl groups excluding tert-OH is 1. The molecular weight excluding hydrogens is 215 g/mol. The largest absolute Gasteiger partial charge is 0.394 e. The lowest BCUT2D eigenvalue weighted by molar-refractivity contribution is -0.384. The Bertz CT molecular complexity index is 432. The number of nitro benzene ring substituents is 1. The van der Waals surface area contributed by atoms with Gasteiger partial charge in [-0.3, -0.25) is 10.1 Å². The quantitative estimate of drug-likeness (QED) is 0.604. The fourth-order valence-electron chi connectivity index (χ4n) is 1.53. The van der Waals surface area contributed by atoms with Gasteiger partial charge in [-0.05, 0) is 18.9 Å². The monoisotopic (exact) mass is 226 g/mol. The van der Waals surface area contributed by atoms with Crippen LogP contribution in [0.25, 0.3) is 0 Å². The van der Waals surface area contributed by atoms with Crippen LogP contribution < -0.4 is 5.32 Å². The van der Waals surface area contributed by atoms with Crippen molar-refractivity contribution in [3.63, 3.8) is 0 Å². The van der Waals surface area contributed by atoms with Crippen LogP contribution in [0.15, 0.2) is 18.2 Å². The SMILES string of the molecule is O=[N+]([O-])c1ccc(F)cc1NC1(CO)CC1. The van der Waals surface area contributed by atoms with Crippen LogP contribution in [0.1, 0.15) is 12.8 Å². The summed E-state index contributed by atoms with van der Waals surface area (Å²) in [6.45, 7) is -0.110. The van der Waals surface area contributed by atoms with Gasteiger partial charge in [0, 0.05) is 12.1 Å². The Morgan fingerprint density at radius 2 is 2.25 bits per heavy atom. The number of nitrogens with zero attached hydrogens (tertiary/aromatic N) is 1. The summed E-state index contributed by atoms with van der Waals surface area (Å²) < 4.78 is 13.0. The predicted molar refractivity (Wildman–Crippen MR) is 55.7 cm³/mol. The summed E-state index contributed by atoms with van der Waals surface area (Å²) in [5.41, 5.74) is -0.559. The third-order valence-electron chi connectivity index (χ3n) is 2.71. The maximum atomic E-state index is 13.0. The Labute approximate surface area is 91.0 Å². The standard InChI is InChI=1S/C10H11FN2O3/c11-7-1-2-9(13(15)16)8(5-7)12-10(6-14)3-4-10/h1-2,5,12,14H,3-4,6H2. The predicted octanol–water partition coefficient (Wildman–Crippen LogP) is 1.67. The van der Waals surface area contributed by atoms with E-state index in [9.17, 15) is 14.5 Å². The maximum Gasteiger partial charge on any atom is 0.292 e. The Kier molecular flexibility index (Phi) is 2.51. The molecule has 0 amide bonds. The molecule has 0 saturated heterocycles. The number of benzene rings is 1. The van der Waals surface area contributed by atoms with Gasteiger partial charge in [0.05, 0.1) is 17.1 Å². The van der Waals surface area contributed by atoms with Gasteiger partial charge in [-0.1, -0.05) is 0 Å². The van der Waals surface area contributed by atoms with Crippen molar-refractivity contribution in [1.82, 2.24) is 0 Å². The van der Waals surface area contributed by atoms with Gasteiger partial charge in [-0.25, -0.2) is 4.39 Å². The van der Waals surface area contributed by atoms with Crippen LogP contribution in [0.3, 0.4) is 0 Å². The summed E-state index contributed by atoms with van der Waals surface area (Å²) in [7, 11) is 0. The summed E-state index contributed by atoms with van der Waals surface area (Å²) in [4.78, 5) is 10.1. The Hall–Kier alpha value is -1.69. The molecule has 0 unspecified atom stereocenters. The van der Waals surface area contributed by atoms with Crippen molar-refractivity contribution in [2.45, 2.75) is 18.4 Å². The molecule has 86 valence electrons. The van der Waals surface area contributed by atoms with Crippen molar-refractivity contribution in [2.24, 2.45) is 0 Å². The van der Waals surface area contributed by atoms with E-state index in [1.54, 1.807) is 0 Å². The lowest BCUT2D eigenvalue weighted by Crippen LogP contribution is -2.26. The maximum absolute atomic E-state index is 13.0. The van der Waals surface area contributed by atoms with Crippen LogP contribution >= 0.6 is 0 Å². The Balaban J connectivity index is 2.31. The molecule has 1 aliphatic rings. The summed E-state index contributed by atoms with van der Waals surface area (Å²) in [6, 6.07) is 3.24. The molecule has 6 heteroatoms. The van der Waals surface area contributed by atoms with E-state index in [1.165, 1.54) is 0 Å². The molecule has 5 nitrogen and oxygen atoms in total. The number of nitro groups is 1. The highest BCUT2D eigenvalue weighted by Gasteiger charge is 2.43. The molecule has 0 aliphatic heterocycles. The van der Waals surface area contributed by atoms with Crippen LogP contribution in [0, 0.1) is 15.9 Å². The Morgan fingerprint density at radius 1 is 1.56 bits per heavy atom. The molecule has 0 radical (unpaired) electrons. The first-order valence-electron chi connectivity index (χ1n) is 4.89. The first-order valence-corrected chi connectivity index (χ1v) is 4.89. The lowest BCUT2D eigenvalue weighted by atomic mass is 10.2. The van der Waals surface area contributed by atoms with E-state index in [1.807, 2.05) is 0 Å². The van der Waals surface area contributed by atoms with Crippen LogP contribution in [0.5, 0.6) is 0 Å². The lowest BCUT2D eigenvalue weighted by Gasteiger charge is -2.15. The van der Waals surface area contributed by atoms with Crippen molar-refractivity contribution in [1.29, 1.82) is 0 Å². The van der Waals surface area contributed by atoms with Crippen molar-refractivity contribution < 1.29 is 14.4 Å². The van der Waals surface area contributed by atoms with Gasteiger partial charge in [-0.15, -0.1) is 0 Å². The summed E-state index contributed by atoms with van der Waals surface area (Å²) in [6.07, 6.45) is 1.47. The summed E-state index contributed by atoms with van der Waals surface area (Å²) in [5, 5.41) is 22.6. The zero-order valence-electron chi connectivity index (χ0n) is 8.44. The number of rotatable bonds is 4. The highest BCUT2D eigenvalue weighted by Crippen LogP contribution is 2.40. The molecule has 1 aromatic carbocycles. The van der Waals surface area contributed by atoms with Gasteiger partial charge in [0.15, 0.2) is 0 Å². The summed E-state index contributed by atoms with van der Waals surface area (Å²) in [5.74, 6) is -0.540. The van der Waals surface area contributed by atoms with E-state index >= 15 is 0 Å². The third-order valence-corrected chi connectivity index (χ3v) is 2.71. The van der Waals surface area contributed by atoms with E-state index in [4.69, 9.17) is 5.11 Å². The third kappa shape index (κ3) is 1.96. The molecule has 1 aliphatic carbocycles. The second-order valence-corrected chi connectivity index (χ2v) is 3.98. The highest BCUT2D eigenvalue weighted by molar-refractivity contribution is 5.63. The number of hydrogen-bond donors (Lipinski definition) is 2. The Morgan fingerprint density at radius 3 is 2.75 bits per heavy atom. The fraction of sp³-hybridized carbons (Fsp3) is 0.400. The van der Waals surface area contributed by atoms with E-state index in [2.05, 4.69) is 5.32 Å². The molecular formula is C10H11FN2O3. The average Bonchev–Trinajstić information content (AvgIpc) is 2.98. The number of anilines is 1. The molecule has 0 atom stereocenters. The smallest absolute Gasteiger partial charge is 0.292 e. The van der Waals surface area contributed by atoms with Gasteiger partial charge in [0.1, 0.15) is 11.5 Å². The van der Waals surface area contributed by atoms with Crippen LogP contribution in [-0.2, 0) is 0 Å². The minimum atomic E-state index is -0.574. The van der Waals surface area contributed by atoms with E-state index in [0.29, 0.717) is 0 Å². The molecule has 0 bridgehead atoms. The zero-order chi connectivity index (χ0) is 11.8. The molecule has 1 fully saturated rings. The molecule has 1 saturated carbocycles. The molecule has 16 heavy (non-hydrogen) atoms.